The molecule has 1 aliphatic rings. The molecule has 1 aromatic carbocycles. The van der Waals surface area contributed by atoms with Gasteiger partial charge < -0.3 is 14.4 Å². The highest BCUT2D eigenvalue weighted by molar-refractivity contribution is 7.10. The van der Waals surface area contributed by atoms with Crippen LogP contribution in [0, 0.1) is 6.92 Å². The molecule has 0 saturated carbocycles. The molecule has 0 spiro atoms. The summed E-state index contributed by atoms with van der Waals surface area (Å²) < 4.78 is 12.7. The lowest BCUT2D eigenvalue weighted by molar-refractivity contribution is 0.194. The minimum Gasteiger partial charge on any atom is -0.493 e. The van der Waals surface area contributed by atoms with Crippen LogP contribution in [0.3, 0.4) is 0 Å². The molecule has 3 heterocycles. The third-order valence-corrected chi connectivity index (χ3v) is 6.11. The number of methoxy groups -OCH3 is 2. The first-order valence-corrected chi connectivity index (χ1v) is 10.3. The molecule has 0 fully saturated rings. The lowest BCUT2D eigenvalue weighted by Gasteiger charge is -2.37. The lowest BCUT2D eigenvalue weighted by Crippen LogP contribution is -2.43. The van der Waals surface area contributed by atoms with Crippen molar-refractivity contribution in [1.82, 2.24) is 14.7 Å². The lowest BCUT2D eigenvalue weighted by atomic mass is 9.91. The molecule has 29 heavy (non-hydrogen) atoms. The van der Waals surface area contributed by atoms with Crippen molar-refractivity contribution in [2.45, 2.75) is 19.4 Å². The molecule has 0 bridgehead atoms. The molecule has 4 rings (SSSR count). The minimum absolute atomic E-state index is 0.146. The fourth-order valence-corrected chi connectivity index (χ4v) is 4.68. The van der Waals surface area contributed by atoms with Gasteiger partial charge in [-0.05, 0) is 48.1 Å². The minimum atomic E-state index is -0.187. The number of fused-ring (bicyclic) bond motifs is 1. The van der Waals surface area contributed by atoms with E-state index in [1.54, 1.807) is 30.2 Å². The second-order valence-corrected chi connectivity index (χ2v) is 7.97. The van der Waals surface area contributed by atoms with Gasteiger partial charge in [0.2, 0.25) is 0 Å². The van der Waals surface area contributed by atoms with E-state index in [9.17, 15) is 4.79 Å². The van der Waals surface area contributed by atoms with Gasteiger partial charge in [-0.25, -0.2) is 4.79 Å². The van der Waals surface area contributed by atoms with Crippen LogP contribution >= 0.6 is 11.3 Å². The Kier molecular flexibility index (Phi) is 5.19. The highest BCUT2D eigenvalue weighted by atomic mass is 32.1. The molecule has 2 aromatic heterocycles. The van der Waals surface area contributed by atoms with Gasteiger partial charge in [-0.1, -0.05) is 6.07 Å². The summed E-state index contributed by atoms with van der Waals surface area (Å²) >= 11 is 1.64. The van der Waals surface area contributed by atoms with Crippen LogP contribution in [-0.4, -0.2) is 41.5 Å². The number of urea groups is 1. The molecule has 0 unspecified atom stereocenters. The van der Waals surface area contributed by atoms with E-state index in [0.29, 0.717) is 23.9 Å². The monoisotopic (exact) mass is 412 g/mol. The fraction of sp³-hybridized carbons (Fsp3) is 0.333. The Morgan fingerprint density at radius 3 is 2.62 bits per heavy atom. The number of carbonyl (C=O) groups is 1. The van der Waals surface area contributed by atoms with Gasteiger partial charge in [-0.3, -0.25) is 10.00 Å². The average Bonchev–Trinajstić information content (AvgIpc) is 3.35. The maximum Gasteiger partial charge on any atom is 0.323 e. The summed E-state index contributed by atoms with van der Waals surface area (Å²) in [6, 6.07) is 9.62. The molecule has 3 aromatic rings. The van der Waals surface area contributed by atoms with Crippen molar-refractivity contribution in [2.24, 2.45) is 7.05 Å². The fourth-order valence-electron chi connectivity index (χ4n) is 3.83. The van der Waals surface area contributed by atoms with Crippen molar-refractivity contribution in [3.05, 3.63) is 57.4 Å². The molecule has 0 radical (unpaired) electrons. The maximum atomic E-state index is 13.2. The van der Waals surface area contributed by atoms with E-state index in [1.807, 2.05) is 48.5 Å². The van der Waals surface area contributed by atoms with Gasteiger partial charge in [-0.15, -0.1) is 11.3 Å². The summed E-state index contributed by atoms with van der Waals surface area (Å²) in [5.41, 5.74) is 3.09. The molecule has 7 nitrogen and oxygen atoms in total. The molecule has 2 amide bonds. The number of amides is 2. The molecule has 152 valence electrons. The smallest absolute Gasteiger partial charge is 0.323 e. The van der Waals surface area contributed by atoms with Gasteiger partial charge in [-0.2, -0.15) is 5.10 Å². The average molecular weight is 413 g/mol. The Bertz CT molecular complexity index is 1030. The van der Waals surface area contributed by atoms with Crippen LogP contribution in [0.4, 0.5) is 10.6 Å². The van der Waals surface area contributed by atoms with E-state index in [-0.39, 0.29) is 12.1 Å². The molecular formula is C21H24N4O3S. The van der Waals surface area contributed by atoms with Crippen LogP contribution in [0.25, 0.3) is 0 Å². The van der Waals surface area contributed by atoms with E-state index in [4.69, 9.17) is 9.47 Å². The Morgan fingerprint density at radius 2 is 2.00 bits per heavy atom. The summed E-state index contributed by atoms with van der Waals surface area (Å²) in [5.74, 6) is 2.05. The van der Waals surface area contributed by atoms with Crippen molar-refractivity contribution in [3.8, 4) is 11.5 Å². The zero-order valence-corrected chi connectivity index (χ0v) is 17.7. The van der Waals surface area contributed by atoms with Crippen molar-refractivity contribution in [1.29, 1.82) is 0 Å². The van der Waals surface area contributed by atoms with Gasteiger partial charge >= 0.3 is 6.03 Å². The Labute approximate surface area is 173 Å². The number of nitrogens with one attached hydrogen (secondary N) is 1. The number of aromatic nitrogens is 2. The maximum absolute atomic E-state index is 13.2. The van der Waals surface area contributed by atoms with Crippen molar-refractivity contribution < 1.29 is 14.3 Å². The molecule has 0 aliphatic carbocycles. The molecule has 8 heteroatoms. The highest BCUT2D eigenvalue weighted by Gasteiger charge is 2.34. The predicted octanol–water partition coefficient (Wildman–Crippen LogP) is 3.99. The zero-order valence-electron chi connectivity index (χ0n) is 16.9. The molecule has 0 saturated heterocycles. The first-order valence-electron chi connectivity index (χ1n) is 9.38. The molecule has 1 N–H and O–H groups in total. The van der Waals surface area contributed by atoms with Crippen molar-refractivity contribution in [2.75, 3.05) is 26.1 Å². The van der Waals surface area contributed by atoms with Gasteiger partial charge in [0.15, 0.2) is 11.5 Å². The number of carbonyl (C=O) groups excluding carboxylic acids is 1. The van der Waals surface area contributed by atoms with Gasteiger partial charge in [0.05, 0.1) is 26.0 Å². The molecule has 1 atom stereocenters. The van der Waals surface area contributed by atoms with Crippen molar-refractivity contribution >= 4 is 23.2 Å². The van der Waals surface area contributed by atoms with Crippen LogP contribution in [-0.2, 0) is 13.5 Å². The van der Waals surface area contributed by atoms with Crippen LogP contribution in [0.1, 0.15) is 27.7 Å². The van der Waals surface area contributed by atoms with Gasteiger partial charge in [0.25, 0.3) is 0 Å². The van der Waals surface area contributed by atoms with E-state index in [1.165, 1.54) is 5.56 Å². The summed E-state index contributed by atoms with van der Waals surface area (Å²) in [7, 11) is 5.09. The Hall–Kier alpha value is -3.00. The van der Waals surface area contributed by atoms with Crippen LogP contribution < -0.4 is 14.8 Å². The Balaban J connectivity index is 1.73. The van der Waals surface area contributed by atoms with Crippen LogP contribution in [0.15, 0.2) is 35.7 Å². The normalized spacial score (nSPS) is 15.7. The number of anilines is 1. The van der Waals surface area contributed by atoms with Crippen molar-refractivity contribution in [3.63, 3.8) is 0 Å². The summed E-state index contributed by atoms with van der Waals surface area (Å²) in [6.07, 6.45) is 0.745. The SMILES string of the molecule is COc1cc2c(cc1OC)[C@H](c1cccs1)N(C(=O)Nc1cc(C)nn1C)CC2. The number of nitrogens with zero attached hydrogens (tertiary/aromatic N) is 3. The number of thiophene rings is 1. The number of benzene rings is 1. The van der Waals surface area contributed by atoms with Crippen LogP contribution in [0.5, 0.6) is 11.5 Å². The number of aryl methyl sites for hydroxylation is 2. The highest BCUT2D eigenvalue weighted by Crippen LogP contribution is 2.42. The van der Waals surface area contributed by atoms with E-state index >= 15 is 0 Å². The first-order chi connectivity index (χ1) is 14.0. The third kappa shape index (κ3) is 3.55. The van der Waals surface area contributed by atoms with Crippen LogP contribution in [0.2, 0.25) is 0 Å². The van der Waals surface area contributed by atoms with Gasteiger partial charge in [0, 0.05) is 24.5 Å². The number of hydrogen-bond acceptors (Lipinski definition) is 5. The van der Waals surface area contributed by atoms with E-state index in [0.717, 1.165) is 22.6 Å². The standard InChI is InChI=1S/C21H24N4O3S/c1-13-10-19(24(2)23-13)22-21(26)25-8-7-14-11-16(27-3)17(28-4)12-15(14)20(25)18-6-5-9-29-18/h5-6,9-12,20H,7-8H2,1-4H3,(H,22,26)/t20-/m1/s1. The number of rotatable bonds is 4. The predicted molar refractivity (Wildman–Crippen MR) is 113 cm³/mol. The third-order valence-electron chi connectivity index (χ3n) is 5.18. The second kappa shape index (κ2) is 7.79. The largest absolute Gasteiger partial charge is 0.493 e. The Morgan fingerprint density at radius 1 is 1.24 bits per heavy atom. The molecular weight excluding hydrogens is 388 g/mol. The molecule has 1 aliphatic heterocycles. The second-order valence-electron chi connectivity index (χ2n) is 6.99. The quantitative estimate of drug-likeness (QED) is 0.704. The van der Waals surface area contributed by atoms with Gasteiger partial charge in [0.1, 0.15) is 5.82 Å². The van der Waals surface area contributed by atoms with E-state index in [2.05, 4.69) is 16.5 Å². The summed E-state index contributed by atoms with van der Waals surface area (Å²) in [4.78, 5) is 16.2. The summed E-state index contributed by atoms with van der Waals surface area (Å²) in [5, 5.41) is 9.35. The number of hydrogen-bond donors (Lipinski definition) is 1. The zero-order chi connectivity index (χ0) is 20.5. The topological polar surface area (TPSA) is 68.6 Å². The number of ether oxygens (including phenoxy) is 2. The van der Waals surface area contributed by atoms with E-state index < -0.39 is 0 Å². The first kappa shape index (κ1) is 19.3. The summed E-state index contributed by atoms with van der Waals surface area (Å²) in [6.45, 7) is 2.51.